The lowest BCUT2D eigenvalue weighted by Crippen LogP contribution is -2.51. The van der Waals surface area contributed by atoms with Crippen molar-refractivity contribution < 1.29 is 9.59 Å². The summed E-state index contributed by atoms with van der Waals surface area (Å²) >= 11 is 1.63. The average molecular weight is 359 g/mol. The van der Waals surface area contributed by atoms with Gasteiger partial charge in [0, 0.05) is 46.8 Å². The average Bonchev–Trinajstić information content (AvgIpc) is 2.83. The lowest BCUT2D eigenvalue weighted by atomic mass is 9.96. The number of thiophene rings is 1. The van der Waals surface area contributed by atoms with Crippen LogP contribution >= 0.6 is 23.7 Å². The van der Waals surface area contributed by atoms with E-state index in [1.807, 2.05) is 31.7 Å². The van der Waals surface area contributed by atoms with Crippen molar-refractivity contribution in [1.82, 2.24) is 4.90 Å². The molecule has 1 aromatic rings. The van der Waals surface area contributed by atoms with Crippen molar-refractivity contribution in [2.45, 2.75) is 65.0 Å². The van der Waals surface area contributed by atoms with Crippen LogP contribution in [0.4, 0.5) is 0 Å². The lowest BCUT2D eigenvalue weighted by Gasteiger charge is -2.38. The molecule has 6 heteroatoms. The van der Waals surface area contributed by atoms with Crippen molar-refractivity contribution in [3.8, 4) is 0 Å². The van der Waals surface area contributed by atoms with Gasteiger partial charge >= 0.3 is 0 Å². The third kappa shape index (κ3) is 5.03. The Morgan fingerprint density at radius 3 is 2.61 bits per heavy atom. The molecule has 2 N–H and O–H groups in total. The zero-order chi connectivity index (χ0) is 16.3. The smallest absolute Gasteiger partial charge is 0.223 e. The van der Waals surface area contributed by atoms with E-state index in [1.54, 1.807) is 11.3 Å². The maximum atomic E-state index is 12.5. The molecule has 23 heavy (non-hydrogen) atoms. The van der Waals surface area contributed by atoms with E-state index >= 15 is 0 Å². The number of rotatable bonds is 5. The van der Waals surface area contributed by atoms with E-state index in [2.05, 4.69) is 0 Å². The molecule has 0 bridgehead atoms. The van der Waals surface area contributed by atoms with Crippen molar-refractivity contribution in [3.63, 3.8) is 0 Å². The van der Waals surface area contributed by atoms with Crippen LogP contribution in [-0.4, -0.2) is 35.2 Å². The summed E-state index contributed by atoms with van der Waals surface area (Å²) < 4.78 is 0. The summed E-state index contributed by atoms with van der Waals surface area (Å²) in [7, 11) is 0. The number of aryl methyl sites for hydroxylation is 2. The van der Waals surface area contributed by atoms with Gasteiger partial charge in [0.1, 0.15) is 0 Å². The van der Waals surface area contributed by atoms with Gasteiger partial charge in [-0.15, -0.1) is 23.7 Å². The molecule has 1 aliphatic heterocycles. The quantitative estimate of drug-likeness (QED) is 0.819. The zero-order valence-corrected chi connectivity index (χ0v) is 15.8. The Labute approximate surface area is 148 Å². The second kappa shape index (κ2) is 8.81. The van der Waals surface area contributed by atoms with E-state index in [0.29, 0.717) is 0 Å². The molecule has 1 fully saturated rings. The van der Waals surface area contributed by atoms with Crippen LogP contribution in [0.2, 0.25) is 0 Å². The minimum Gasteiger partial charge on any atom is -0.338 e. The van der Waals surface area contributed by atoms with Crippen molar-refractivity contribution >= 4 is 35.4 Å². The third-order valence-corrected chi connectivity index (χ3v) is 5.35. The van der Waals surface area contributed by atoms with E-state index in [-0.39, 0.29) is 49.0 Å². The number of hydrogen-bond acceptors (Lipinski definition) is 4. The van der Waals surface area contributed by atoms with Gasteiger partial charge in [-0.1, -0.05) is 0 Å². The Morgan fingerprint density at radius 2 is 2.04 bits per heavy atom. The molecule has 2 atom stereocenters. The number of Topliss-reactive ketones (excluding diaryl/α,β-unsaturated/α-hetero) is 1. The predicted molar refractivity (Wildman–Crippen MR) is 97.6 cm³/mol. The van der Waals surface area contributed by atoms with Crippen molar-refractivity contribution in [3.05, 3.63) is 21.4 Å². The van der Waals surface area contributed by atoms with Gasteiger partial charge < -0.3 is 10.6 Å². The van der Waals surface area contributed by atoms with Gasteiger partial charge in [0.05, 0.1) is 0 Å². The van der Waals surface area contributed by atoms with Gasteiger partial charge in [0.25, 0.3) is 0 Å². The molecule has 0 aromatic carbocycles. The third-order valence-electron chi connectivity index (χ3n) is 4.38. The molecule has 0 radical (unpaired) electrons. The molecular formula is C17H27ClN2O2S. The molecule has 1 saturated heterocycles. The highest BCUT2D eigenvalue weighted by Crippen LogP contribution is 2.24. The molecule has 0 spiro atoms. The Hall–Kier alpha value is -0.910. The van der Waals surface area contributed by atoms with Crippen LogP contribution in [-0.2, 0) is 4.79 Å². The fourth-order valence-electron chi connectivity index (χ4n) is 3.22. The maximum Gasteiger partial charge on any atom is 0.223 e. The number of ketones is 1. The molecule has 0 aliphatic carbocycles. The van der Waals surface area contributed by atoms with E-state index in [4.69, 9.17) is 5.73 Å². The highest BCUT2D eigenvalue weighted by molar-refractivity contribution is 7.12. The molecular weight excluding hydrogens is 332 g/mol. The predicted octanol–water partition coefficient (Wildman–Crippen LogP) is 3.48. The van der Waals surface area contributed by atoms with Crippen LogP contribution in [0.1, 0.15) is 59.1 Å². The first-order valence-electron chi connectivity index (χ1n) is 8.05. The summed E-state index contributed by atoms with van der Waals surface area (Å²) in [5.41, 5.74) is 6.78. The molecule has 2 heterocycles. The molecule has 1 amide bonds. The first kappa shape index (κ1) is 20.1. The number of nitrogens with zero attached hydrogens (tertiary/aromatic N) is 1. The molecule has 1 aromatic heterocycles. The van der Waals surface area contributed by atoms with Crippen LogP contribution in [0.25, 0.3) is 0 Å². The van der Waals surface area contributed by atoms with Gasteiger partial charge in [0.2, 0.25) is 5.91 Å². The van der Waals surface area contributed by atoms with Crippen LogP contribution in [0, 0.1) is 13.8 Å². The zero-order valence-electron chi connectivity index (χ0n) is 14.1. The van der Waals surface area contributed by atoms with Crippen LogP contribution in [0.5, 0.6) is 0 Å². The van der Waals surface area contributed by atoms with Crippen molar-refractivity contribution in [2.24, 2.45) is 5.73 Å². The van der Waals surface area contributed by atoms with E-state index in [1.165, 1.54) is 0 Å². The topological polar surface area (TPSA) is 63.4 Å². The molecule has 4 nitrogen and oxygen atoms in total. The molecule has 130 valence electrons. The summed E-state index contributed by atoms with van der Waals surface area (Å²) in [4.78, 5) is 28.8. The Bertz CT molecular complexity index is 557. The summed E-state index contributed by atoms with van der Waals surface area (Å²) in [6.07, 6.45) is 3.71. The normalized spacial score (nSPS) is 19.1. The summed E-state index contributed by atoms with van der Waals surface area (Å²) in [6, 6.07) is 2.04. The first-order chi connectivity index (χ1) is 10.4. The lowest BCUT2D eigenvalue weighted by molar-refractivity contribution is -0.135. The first-order valence-corrected chi connectivity index (χ1v) is 8.87. The van der Waals surface area contributed by atoms with Crippen LogP contribution in [0.15, 0.2) is 6.07 Å². The maximum absolute atomic E-state index is 12.5. The van der Waals surface area contributed by atoms with E-state index < -0.39 is 0 Å². The number of carbonyl (C=O) groups is 2. The fourth-order valence-corrected chi connectivity index (χ4v) is 4.16. The van der Waals surface area contributed by atoms with Crippen LogP contribution in [0.3, 0.4) is 0 Å². The second-order valence-corrected chi connectivity index (χ2v) is 7.72. The number of carbonyl (C=O) groups excluding carboxylic acids is 2. The minimum atomic E-state index is -0.0123. The van der Waals surface area contributed by atoms with Gasteiger partial charge in [0.15, 0.2) is 5.78 Å². The Balaban J connectivity index is 0.00000264. The highest BCUT2D eigenvalue weighted by Gasteiger charge is 2.29. The van der Waals surface area contributed by atoms with Gasteiger partial charge in [-0.3, -0.25) is 9.59 Å². The molecule has 0 saturated carbocycles. The van der Waals surface area contributed by atoms with E-state index in [0.717, 1.165) is 41.1 Å². The largest absolute Gasteiger partial charge is 0.338 e. The summed E-state index contributed by atoms with van der Waals surface area (Å²) in [5.74, 6) is 0.143. The van der Waals surface area contributed by atoms with Crippen molar-refractivity contribution in [2.75, 3.05) is 6.54 Å². The second-order valence-electron chi connectivity index (χ2n) is 6.26. The molecule has 2 rings (SSSR count). The standard InChI is InChI=1S/C17H26N2O2S.ClH/c1-11-10-14(13(3)22-11)16(20)7-8-17(21)19-9-5-4-6-15(19)12(2)18;/h10,12,15H,4-9,18H2,1-3H3;1H. The van der Waals surface area contributed by atoms with Crippen LogP contribution < -0.4 is 5.73 Å². The fraction of sp³-hybridized carbons (Fsp3) is 0.647. The number of hydrogen-bond donors (Lipinski definition) is 1. The number of halogens is 1. The minimum absolute atomic E-state index is 0. The number of nitrogens with two attached hydrogens (primary N) is 1. The molecule has 2 unspecified atom stereocenters. The number of piperidine rings is 1. The molecule has 1 aliphatic rings. The monoisotopic (exact) mass is 358 g/mol. The summed E-state index contributed by atoms with van der Waals surface area (Å²) in [5, 5.41) is 0. The summed E-state index contributed by atoms with van der Waals surface area (Å²) in [6.45, 7) is 6.69. The Morgan fingerprint density at radius 1 is 1.35 bits per heavy atom. The number of likely N-dealkylation sites (tertiary alicyclic amines) is 1. The van der Waals surface area contributed by atoms with Gasteiger partial charge in [-0.05, 0) is 46.1 Å². The van der Waals surface area contributed by atoms with Crippen molar-refractivity contribution in [1.29, 1.82) is 0 Å². The number of amides is 1. The van der Waals surface area contributed by atoms with E-state index in [9.17, 15) is 9.59 Å². The van der Waals surface area contributed by atoms with Gasteiger partial charge in [-0.2, -0.15) is 0 Å². The Kier molecular flexibility index (Phi) is 7.71. The van der Waals surface area contributed by atoms with Gasteiger partial charge in [-0.25, -0.2) is 0 Å². The highest BCUT2D eigenvalue weighted by atomic mass is 35.5. The SMILES string of the molecule is Cc1cc(C(=O)CCC(=O)N2CCCCC2C(C)N)c(C)s1.Cl.